The fourth-order valence-corrected chi connectivity index (χ4v) is 6.93. The van der Waals surface area contributed by atoms with Gasteiger partial charge in [-0.05, 0) is 49.9 Å². The minimum absolute atomic E-state index is 0.0354. The van der Waals surface area contributed by atoms with Crippen LogP contribution in [0.4, 0.5) is 0 Å². The highest BCUT2D eigenvalue weighted by Gasteiger charge is 2.50. The standard InChI is InChI=1S/C22H23ClN4O3S2/c1-21(2)20(24)27-22(3,12-32(21,29)30)18-16(23)9-17(31-18)19(28)26-10-13-4-5-15-11-25-7-6-14(15)8-13/h4-9,11H,10,12H2,1-3H3,(H2,24,27)(H,26,28)/t22-/m0/s1. The summed E-state index contributed by atoms with van der Waals surface area (Å²) in [5, 5.41) is 5.25. The Morgan fingerprint density at radius 3 is 2.69 bits per heavy atom. The average Bonchev–Trinajstić information content (AvgIpc) is 3.13. The smallest absolute Gasteiger partial charge is 0.261 e. The van der Waals surface area contributed by atoms with Gasteiger partial charge in [0.1, 0.15) is 16.1 Å². The molecule has 0 radical (unpaired) electrons. The van der Waals surface area contributed by atoms with Crippen molar-refractivity contribution in [2.24, 2.45) is 10.7 Å². The molecule has 168 valence electrons. The maximum Gasteiger partial charge on any atom is 0.261 e. The summed E-state index contributed by atoms with van der Waals surface area (Å²) in [6, 6.07) is 9.35. The Hall–Kier alpha value is -2.49. The molecule has 4 rings (SSSR count). The number of nitrogens with two attached hydrogens (primary N) is 1. The predicted octanol–water partition coefficient (Wildman–Crippen LogP) is 3.66. The van der Waals surface area contributed by atoms with Gasteiger partial charge in [-0.3, -0.25) is 14.8 Å². The van der Waals surface area contributed by atoms with Gasteiger partial charge in [0.2, 0.25) is 0 Å². The van der Waals surface area contributed by atoms with Crippen LogP contribution in [0.25, 0.3) is 10.8 Å². The van der Waals surface area contributed by atoms with E-state index in [4.69, 9.17) is 17.3 Å². The lowest BCUT2D eigenvalue weighted by Crippen LogP contribution is -2.54. The zero-order valence-electron chi connectivity index (χ0n) is 17.8. The molecule has 0 aliphatic carbocycles. The molecule has 0 spiro atoms. The summed E-state index contributed by atoms with van der Waals surface area (Å²) in [5.74, 6) is -0.494. The number of halogens is 1. The Labute approximate surface area is 195 Å². The molecule has 0 saturated carbocycles. The van der Waals surface area contributed by atoms with Gasteiger partial charge in [0.25, 0.3) is 5.91 Å². The SMILES string of the molecule is CC1(C)C(N)=N[C@](C)(c2sc(C(=O)NCc3ccc4cnccc4c3)cc2Cl)CS1(=O)=O. The van der Waals surface area contributed by atoms with Crippen LogP contribution in [0.5, 0.6) is 0 Å². The fourth-order valence-electron chi connectivity index (χ4n) is 3.62. The van der Waals surface area contributed by atoms with Crippen molar-refractivity contribution in [2.45, 2.75) is 37.6 Å². The maximum atomic E-state index is 12.8. The van der Waals surface area contributed by atoms with Crippen molar-refractivity contribution in [3.8, 4) is 0 Å². The van der Waals surface area contributed by atoms with Gasteiger partial charge in [0.05, 0.1) is 20.5 Å². The third kappa shape index (κ3) is 3.89. The molecule has 2 aromatic heterocycles. The maximum absolute atomic E-state index is 12.8. The van der Waals surface area contributed by atoms with Crippen molar-refractivity contribution >= 4 is 55.3 Å². The second-order valence-electron chi connectivity index (χ2n) is 8.57. The highest BCUT2D eigenvalue weighted by molar-refractivity contribution is 7.93. The Morgan fingerprint density at radius 2 is 1.97 bits per heavy atom. The number of pyridine rings is 1. The molecule has 0 bridgehead atoms. The molecule has 1 aliphatic heterocycles. The van der Waals surface area contributed by atoms with Gasteiger partial charge in [-0.25, -0.2) is 8.42 Å². The number of carbonyl (C=O) groups is 1. The van der Waals surface area contributed by atoms with Crippen molar-refractivity contribution in [1.82, 2.24) is 10.3 Å². The molecule has 3 aromatic rings. The van der Waals surface area contributed by atoms with Crippen molar-refractivity contribution in [2.75, 3.05) is 5.75 Å². The first kappa shape index (κ1) is 22.7. The van der Waals surface area contributed by atoms with Gasteiger partial charge in [-0.15, -0.1) is 11.3 Å². The molecule has 10 heteroatoms. The van der Waals surface area contributed by atoms with Gasteiger partial charge >= 0.3 is 0 Å². The van der Waals surface area contributed by atoms with Crippen molar-refractivity contribution < 1.29 is 13.2 Å². The van der Waals surface area contributed by atoms with E-state index in [1.54, 1.807) is 39.2 Å². The van der Waals surface area contributed by atoms with Crippen LogP contribution in [0, 0.1) is 0 Å². The molecule has 0 saturated heterocycles. The number of fused-ring (bicyclic) bond motifs is 1. The van der Waals surface area contributed by atoms with Crippen molar-refractivity contribution in [3.63, 3.8) is 0 Å². The topological polar surface area (TPSA) is 115 Å². The van der Waals surface area contributed by atoms with E-state index in [0.717, 1.165) is 27.7 Å². The molecular formula is C22H23ClN4O3S2. The van der Waals surface area contributed by atoms with E-state index in [1.165, 1.54) is 0 Å². The minimum Gasteiger partial charge on any atom is -0.386 e. The number of amides is 1. The van der Waals surface area contributed by atoms with Crippen LogP contribution in [0.1, 0.15) is 40.9 Å². The van der Waals surface area contributed by atoms with E-state index >= 15 is 0 Å². The van der Waals surface area contributed by atoms with Crippen LogP contribution >= 0.6 is 22.9 Å². The highest BCUT2D eigenvalue weighted by atomic mass is 35.5. The molecule has 1 amide bonds. The molecule has 1 aromatic carbocycles. The molecule has 3 heterocycles. The molecule has 1 atom stereocenters. The van der Waals surface area contributed by atoms with E-state index in [1.807, 2.05) is 24.3 Å². The number of rotatable bonds is 4. The highest BCUT2D eigenvalue weighted by Crippen LogP contribution is 2.43. The van der Waals surface area contributed by atoms with Crippen LogP contribution in [0.15, 0.2) is 47.7 Å². The zero-order chi connectivity index (χ0) is 23.3. The first-order valence-electron chi connectivity index (χ1n) is 9.92. The minimum atomic E-state index is -3.57. The Morgan fingerprint density at radius 1 is 1.22 bits per heavy atom. The van der Waals surface area contributed by atoms with E-state index in [0.29, 0.717) is 21.3 Å². The summed E-state index contributed by atoms with van der Waals surface area (Å²) in [6.07, 6.45) is 3.51. The van der Waals surface area contributed by atoms with E-state index in [2.05, 4.69) is 15.3 Å². The second-order valence-corrected chi connectivity index (χ2v) is 12.6. The molecule has 32 heavy (non-hydrogen) atoms. The Bertz CT molecular complexity index is 1360. The Kier molecular flexibility index (Phi) is 5.55. The van der Waals surface area contributed by atoms with Crippen LogP contribution in [-0.4, -0.2) is 35.6 Å². The number of benzene rings is 1. The van der Waals surface area contributed by atoms with Crippen LogP contribution < -0.4 is 11.1 Å². The third-order valence-corrected chi connectivity index (χ3v) is 10.3. The summed E-state index contributed by atoms with van der Waals surface area (Å²) in [6.45, 7) is 5.10. The van der Waals surface area contributed by atoms with E-state index in [-0.39, 0.29) is 17.5 Å². The summed E-state index contributed by atoms with van der Waals surface area (Å²) in [4.78, 5) is 22.3. The summed E-state index contributed by atoms with van der Waals surface area (Å²) < 4.78 is 24.4. The number of thiophene rings is 1. The van der Waals surface area contributed by atoms with Gasteiger partial charge < -0.3 is 11.1 Å². The lowest BCUT2D eigenvalue weighted by atomic mass is 10.0. The third-order valence-electron chi connectivity index (χ3n) is 5.79. The van der Waals surface area contributed by atoms with Gasteiger partial charge in [-0.1, -0.05) is 23.7 Å². The Balaban J connectivity index is 1.56. The molecular weight excluding hydrogens is 468 g/mol. The first-order valence-corrected chi connectivity index (χ1v) is 12.8. The number of amidine groups is 1. The number of hydrogen-bond donors (Lipinski definition) is 2. The van der Waals surface area contributed by atoms with Crippen molar-refractivity contribution in [3.05, 3.63) is 63.1 Å². The van der Waals surface area contributed by atoms with Crippen LogP contribution in [0.2, 0.25) is 5.02 Å². The molecule has 7 nitrogen and oxygen atoms in total. The first-order chi connectivity index (χ1) is 14.9. The van der Waals surface area contributed by atoms with Crippen LogP contribution in [-0.2, 0) is 21.9 Å². The zero-order valence-corrected chi connectivity index (χ0v) is 20.2. The number of nitrogens with one attached hydrogen (secondary N) is 1. The largest absolute Gasteiger partial charge is 0.386 e. The molecule has 0 unspecified atom stereocenters. The number of carbonyl (C=O) groups excluding carboxylic acids is 1. The monoisotopic (exact) mass is 490 g/mol. The average molecular weight is 491 g/mol. The number of sulfone groups is 1. The fraction of sp³-hybridized carbons (Fsp3) is 0.318. The molecule has 0 fully saturated rings. The predicted molar refractivity (Wildman–Crippen MR) is 129 cm³/mol. The van der Waals surface area contributed by atoms with Crippen LogP contribution in [0.3, 0.4) is 0 Å². The number of aliphatic imine (C=N–C) groups is 1. The van der Waals surface area contributed by atoms with Crippen molar-refractivity contribution in [1.29, 1.82) is 0 Å². The lowest BCUT2D eigenvalue weighted by molar-refractivity contribution is 0.0955. The van der Waals surface area contributed by atoms with E-state index < -0.39 is 20.1 Å². The van der Waals surface area contributed by atoms with E-state index in [9.17, 15) is 13.2 Å². The lowest BCUT2D eigenvalue weighted by Gasteiger charge is -2.37. The molecule has 1 aliphatic rings. The number of aromatic nitrogens is 1. The van der Waals surface area contributed by atoms with Gasteiger partial charge in [-0.2, -0.15) is 0 Å². The summed E-state index contributed by atoms with van der Waals surface area (Å²) in [7, 11) is -3.57. The summed E-state index contributed by atoms with van der Waals surface area (Å²) in [5.41, 5.74) is 5.82. The number of hydrogen-bond acceptors (Lipinski definition) is 7. The molecule has 3 N–H and O–H groups in total. The van der Waals surface area contributed by atoms with Gasteiger partial charge in [0, 0.05) is 24.3 Å². The normalized spacial score (nSPS) is 21.8. The quantitative estimate of drug-likeness (QED) is 0.579. The number of nitrogens with zero attached hydrogens (tertiary/aromatic N) is 2. The summed E-state index contributed by atoms with van der Waals surface area (Å²) >= 11 is 7.56. The second kappa shape index (κ2) is 7.83. The van der Waals surface area contributed by atoms with Gasteiger partial charge in [0.15, 0.2) is 9.84 Å².